The number of rotatable bonds is 6. The fourth-order valence-electron chi connectivity index (χ4n) is 2.96. The molecule has 3 rings (SSSR count). The van der Waals surface area contributed by atoms with E-state index in [1.165, 1.54) is 0 Å². The molecule has 0 radical (unpaired) electrons. The molecule has 2 amide bonds. The summed E-state index contributed by atoms with van der Waals surface area (Å²) in [6.07, 6.45) is 1.90. The van der Waals surface area contributed by atoms with Crippen molar-refractivity contribution in [2.24, 2.45) is 0 Å². The van der Waals surface area contributed by atoms with Crippen LogP contribution in [0.1, 0.15) is 43.0 Å². The Morgan fingerprint density at radius 1 is 1.36 bits per heavy atom. The summed E-state index contributed by atoms with van der Waals surface area (Å²) >= 11 is 0. The molecule has 1 atom stereocenters. The molecule has 0 aliphatic carbocycles. The summed E-state index contributed by atoms with van der Waals surface area (Å²) in [7, 11) is 0. The largest absolute Gasteiger partial charge is 0.367 e. The van der Waals surface area contributed by atoms with Gasteiger partial charge in [-0.25, -0.2) is 4.79 Å². The van der Waals surface area contributed by atoms with Crippen molar-refractivity contribution in [1.82, 2.24) is 20.4 Å². The third-order valence-electron chi connectivity index (χ3n) is 4.22. The van der Waals surface area contributed by atoms with Gasteiger partial charge < -0.3 is 19.5 Å². The number of hydrogen-bond donors (Lipinski definition) is 1. The van der Waals surface area contributed by atoms with Gasteiger partial charge in [0.2, 0.25) is 0 Å². The predicted molar refractivity (Wildman–Crippen MR) is 91.9 cm³/mol. The molecule has 1 aliphatic rings. The first-order valence-electron chi connectivity index (χ1n) is 8.73. The van der Waals surface area contributed by atoms with Crippen LogP contribution in [0.3, 0.4) is 0 Å². The highest BCUT2D eigenvalue weighted by molar-refractivity contribution is 5.74. The maximum Gasteiger partial charge on any atom is 0.317 e. The zero-order valence-electron chi connectivity index (χ0n) is 14.5. The number of likely N-dealkylation sites (tertiary alicyclic amines) is 1. The number of benzene rings is 1. The Bertz CT molecular complexity index is 674. The van der Waals surface area contributed by atoms with Crippen LogP contribution in [0, 0.1) is 0 Å². The van der Waals surface area contributed by atoms with Gasteiger partial charge in [-0.3, -0.25) is 0 Å². The van der Waals surface area contributed by atoms with Gasteiger partial charge in [0.05, 0.1) is 6.61 Å². The van der Waals surface area contributed by atoms with Crippen LogP contribution in [0.25, 0.3) is 0 Å². The van der Waals surface area contributed by atoms with Crippen molar-refractivity contribution < 1.29 is 14.1 Å². The van der Waals surface area contributed by atoms with Crippen LogP contribution in [-0.4, -0.2) is 40.7 Å². The number of nitrogens with zero attached hydrogens (tertiary/aromatic N) is 3. The van der Waals surface area contributed by atoms with E-state index in [9.17, 15) is 4.79 Å². The lowest BCUT2D eigenvalue weighted by Gasteiger charge is -2.31. The van der Waals surface area contributed by atoms with Crippen molar-refractivity contribution in [3.63, 3.8) is 0 Å². The van der Waals surface area contributed by atoms with Crippen molar-refractivity contribution in [1.29, 1.82) is 0 Å². The predicted octanol–water partition coefficient (Wildman–Crippen LogP) is 2.70. The van der Waals surface area contributed by atoms with E-state index in [2.05, 4.69) is 15.5 Å². The summed E-state index contributed by atoms with van der Waals surface area (Å²) in [5.41, 5.74) is 1.10. The number of piperidine rings is 1. The third kappa shape index (κ3) is 4.79. The standard InChI is InChI=1S/C18H24N4O3/c1-2-19-18(23)22-10-6-9-15(11-22)17-20-16(25-21-17)13-24-12-14-7-4-3-5-8-14/h3-5,7-8,15H,2,6,9-13H2,1H3,(H,19,23). The normalized spacial score (nSPS) is 17.5. The van der Waals surface area contributed by atoms with Gasteiger partial charge in [0.1, 0.15) is 6.61 Å². The molecule has 0 saturated carbocycles. The van der Waals surface area contributed by atoms with Crippen LogP contribution >= 0.6 is 0 Å². The second-order valence-electron chi connectivity index (χ2n) is 6.15. The minimum atomic E-state index is -0.0258. The topological polar surface area (TPSA) is 80.5 Å². The van der Waals surface area contributed by atoms with E-state index in [1.54, 1.807) is 0 Å². The SMILES string of the molecule is CCNC(=O)N1CCCC(c2noc(COCc3ccccc3)n2)C1. The van der Waals surface area contributed by atoms with Crippen molar-refractivity contribution >= 4 is 6.03 Å². The van der Waals surface area contributed by atoms with Gasteiger partial charge in [-0.1, -0.05) is 35.5 Å². The Balaban J connectivity index is 1.51. The first-order valence-corrected chi connectivity index (χ1v) is 8.73. The molecule has 7 nitrogen and oxygen atoms in total. The maximum absolute atomic E-state index is 12.0. The van der Waals surface area contributed by atoms with E-state index in [0.29, 0.717) is 31.4 Å². The van der Waals surface area contributed by atoms with Crippen LogP contribution in [-0.2, 0) is 18.0 Å². The smallest absolute Gasteiger partial charge is 0.317 e. The molecular weight excluding hydrogens is 320 g/mol. The Morgan fingerprint density at radius 2 is 2.20 bits per heavy atom. The molecule has 0 bridgehead atoms. The average Bonchev–Trinajstić information content (AvgIpc) is 3.12. The highest BCUT2D eigenvalue weighted by atomic mass is 16.5. The van der Waals surface area contributed by atoms with Crippen molar-refractivity contribution in [3.8, 4) is 0 Å². The molecule has 1 aromatic carbocycles. The molecule has 1 aromatic heterocycles. The molecule has 134 valence electrons. The second kappa shape index (κ2) is 8.62. The molecule has 7 heteroatoms. The Kier molecular flexibility index (Phi) is 6.00. The van der Waals surface area contributed by atoms with Gasteiger partial charge in [-0.05, 0) is 25.3 Å². The first kappa shape index (κ1) is 17.4. The van der Waals surface area contributed by atoms with Crippen molar-refractivity contribution in [2.75, 3.05) is 19.6 Å². The lowest BCUT2D eigenvalue weighted by Crippen LogP contribution is -2.45. The Hall–Kier alpha value is -2.41. The highest BCUT2D eigenvalue weighted by Gasteiger charge is 2.27. The number of aromatic nitrogens is 2. The van der Waals surface area contributed by atoms with E-state index >= 15 is 0 Å². The quantitative estimate of drug-likeness (QED) is 0.871. The van der Waals surface area contributed by atoms with Gasteiger partial charge in [0, 0.05) is 25.6 Å². The lowest BCUT2D eigenvalue weighted by atomic mass is 9.98. The molecule has 1 fully saturated rings. The number of hydrogen-bond acceptors (Lipinski definition) is 5. The molecule has 1 N–H and O–H groups in total. The van der Waals surface area contributed by atoms with E-state index in [1.807, 2.05) is 42.2 Å². The van der Waals surface area contributed by atoms with E-state index in [0.717, 1.165) is 24.9 Å². The summed E-state index contributed by atoms with van der Waals surface area (Å²) in [6, 6.07) is 9.93. The highest BCUT2D eigenvalue weighted by Crippen LogP contribution is 2.25. The number of nitrogens with one attached hydrogen (secondary N) is 1. The zero-order chi connectivity index (χ0) is 17.5. The summed E-state index contributed by atoms with van der Waals surface area (Å²) < 4.78 is 10.9. The number of urea groups is 1. The molecule has 25 heavy (non-hydrogen) atoms. The van der Waals surface area contributed by atoms with Gasteiger partial charge in [0.15, 0.2) is 5.82 Å². The molecule has 2 aromatic rings. The molecular formula is C18H24N4O3. The molecule has 1 aliphatic heterocycles. The molecule has 1 unspecified atom stereocenters. The fraction of sp³-hybridized carbons (Fsp3) is 0.500. The Labute approximate surface area is 147 Å². The lowest BCUT2D eigenvalue weighted by molar-refractivity contribution is 0.0850. The maximum atomic E-state index is 12.0. The van der Waals surface area contributed by atoms with Crippen LogP contribution in [0.2, 0.25) is 0 Å². The van der Waals surface area contributed by atoms with Crippen LogP contribution in [0.4, 0.5) is 4.79 Å². The zero-order valence-corrected chi connectivity index (χ0v) is 14.5. The summed E-state index contributed by atoms with van der Waals surface area (Å²) in [6.45, 7) is 4.73. The molecule has 0 spiro atoms. The monoisotopic (exact) mass is 344 g/mol. The number of amides is 2. The summed E-state index contributed by atoms with van der Waals surface area (Å²) in [5, 5.41) is 6.92. The fourth-order valence-corrected chi connectivity index (χ4v) is 2.96. The van der Waals surface area contributed by atoms with Crippen molar-refractivity contribution in [2.45, 2.75) is 38.9 Å². The van der Waals surface area contributed by atoms with E-state index < -0.39 is 0 Å². The molecule has 2 heterocycles. The summed E-state index contributed by atoms with van der Waals surface area (Å²) in [4.78, 5) is 18.2. The number of carbonyl (C=O) groups excluding carboxylic acids is 1. The van der Waals surface area contributed by atoms with Gasteiger partial charge >= 0.3 is 6.03 Å². The van der Waals surface area contributed by atoms with Crippen LogP contribution in [0.5, 0.6) is 0 Å². The average molecular weight is 344 g/mol. The van der Waals surface area contributed by atoms with Crippen molar-refractivity contribution in [3.05, 3.63) is 47.6 Å². The minimum absolute atomic E-state index is 0.0258. The van der Waals surface area contributed by atoms with Crippen LogP contribution in [0.15, 0.2) is 34.9 Å². The minimum Gasteiger partial charge on any atom is -0.367 e. The number of carbonyl (C=O) groups is 1. The number of ether oxygens (including phenoxy) is 1. The van der Waals surface area contributed by atoms with Gasteiger partial charge in [0.25, 0.3) is 5.89 Å². The van der Waals surface area contributed by atoms with Crippen LogP contribution < -0.4 is 5.32 Å². The van der Waals surface area contributed by atoms with E-state index in [-0.39, 0.29) is 18.6 Å². The molecule has 1 saturated heterocycles. The van der Waals surface area contributed by atoms with Gasteiger partial charge in [-0.15, -0.1) is 0 Å². The van der Waals surface area contributed by atoms with E-state index in [4.69, 9.17) is 9.26 Å². The Morgan fingerprint density at radius 3 is 3.00 bits per heavy atom. The first-order chi connectivity index (χ1) is 12.3. The second-order valence-corrected chi connectivity index (χ2v) is 6.15. The van der Waals surface area contributed by atoms with Gasteiger partial charge in [-0.2, -0.15) is 4.98 Å². The third-order valence-corrected chi connectivity index (χ3v) is 4.22. The summed E-state index contributed by atoms with van der Waals surface area (Å²) in [5.74, 6) is 1.25.